The van der Waals surface area contributed by atoms with Gasteiger partial charge in [0.2, 0.25) is 0 Å². The third-order valence-electron chi connectivity index (χ3n) is 6.55. The number of hydrogen-bond donors (Lipinski definition) is 0. The normalized spacial score (nSPS) is 16.9. The Morgan fingerprint density at radius 1 is 1.17 bits per heavy atom. The van der Waals surface area contributed by atoms with E-state index in [4.69, 9.17) is 17.5 Å². The first-order valence-electron chi connectivity index (χ1n) is 11.1. The lowest BCUT2D eigenvalue weighted by Gasteiger charge is -2.43. The van der Waals surface area contributed by atoms with E-state index in [1.807, 2.05) is 24.3 Å². The van der Waals surface area contributed by atoms with Gasteiger partial charge in [-0.2, -0.15) is 18.4 Å². The largest absolute Gasteiger partial charge is 0.469 e. The Labute approximate surface area is 205 Å². The number of carbonyl (C=O) groups excluding carboxylic acids is 2. The van der Waals surface area contributed by atoms with Crippen LogP contribution in [-0.2, 0) is 26.9 Å². The summed E-state index contributed by atoms with van der Waals surface area (Å²) in [5.74, 6) is -0.639. The molecule has 0 unspecified atom stereocenters. The molecule has 2 aromatic carbocycles. The number of hydrogen-bond acceptors (Lipinski definition) is 5. The monoisotopic (exact) mass is 501 g/mol. The van der Waals surface area contributed by atoms with Crippen molar-refractivity contribution in [3.63, 3.8) is 0 Å². The molecule has 35 heavy (non-hydrogen) atoms. The summed E-state index contributed by atoms with van der Waals surface area (Å²) in [7, 11) is 1.35. The second-order valence-electron chi connectivity index (χ2n) is 8.58. The molecule has 2 aliphatic rings. The van der Waals surface area contributed by atoms with Crippen LogP contribution in [0.4, 0.5) is 24.5 Å². The number of methoxy groups -OCH3 is 1. The zero-order valence-corrected chi connectivity index (χ0v) is 19.7. The molecule has 2 fully saturated rings. The second kappa shape index (κ2) is 9.30. The van der Waals surface area contributed by atoms with E-state index < -0.39 is 22.8 Å². The van der Waals surface area contributed by atoms with E-state index in [9.17, 15) is 22.8 Å². The number of carbonyl (C=O) groups is 2. The number of nitriles is 1. The number of aryl methyl sites for hydroxylation is 1. The molecule has 1 amide bonds. The SMILES string of the molecule is COC(=O)CCCc1ccc(N2C(=S)N(c3ccc(C#N)c(C(F)(F)F)c3)C(=O)C23CCC3)cc1. The summed E-state index contributed by atoms with van der Waals surface area (Å²) in [4.78, 5) is 27.7. The maximum Gasteiger partial charge on any atom is 0.417 e. The molecule has 1 spiro atoms. The summed E-state index contributed by atoms with van der Waals surface area (Å²) in [5.41, 5.74) is -0.903. The number of benzene rings is 2. The van der Waals surface area contributed by atoms with Gasteiger partial charge in [-0.25, -0.2) is 0 Å². The Bertz CT molecular complexity index is 1220. The van der Waals surface area contributed by atoms with Gasteiger partial charge in [0.25, 0.3) is 5.91 Å². The van der Waals surface area contributed by atoms with Crippen molar-refractivity contribution in [3.8, 4) is 6.07 Å². The number of halogens is 3. The Morgan fingerprint density at radius 3 is 2.37 bits per heavy atom. The molecule has 2 aromatic rings. The molecule has 1 aliphatic carbocycles. The lowest BCUT2D eigenvalue weighted by Crippen LogP contribution is -2.55. The maximum absolute atomic E-state index is 13.5. The van der Waals surface area contributed by atoms with Gasteiger partial charge in [-0.15, -0.1) is 0 Å². The molecule has 1 aliphatic heterocycles. The number of alkyl halides is 3. The zero-order valence-electron chi connectivity index (χ0n) is 18.9. The van der Waals surface area contributed by atoms with Gasteiger partial charge in [-0.05, 0) is 80.2 Å². The molecule has 6 nitrogen and oxygen atoms in total. The number of thiocarbonyl (C=S) groups is 1. The van der Waals surface area contributed by atoms with Crippen LogP contribution in [-0.4, -0.2) is 29.6 Å². The van der Waals surface area contributed by atoms with Gasteiger partial charge in [-0.3, -0.25) is 14.5 Å². The highest BCUT2D eigenvalue weighted by Gasteiger charge is 2.59. The number of amides is 1. The predicted molar refractivity (Wildman–Crippen MR) is 127 cm³/mol. The first kappa shape index (κ1) is 24.7. The lowest BCUT2D eigenvalue weighted by molar-refractivity contribution is -0.140. The molecular formula is C25H22F3N3O3S. The standard InChI is InChI=1S/C25H22F3N3O3S/c1-34-21(32)5-2-4-16-6-9-18(10-7-16)31-23(35)30(22(33)24(31)12-3-13-24)19-11-8-17(15-29)20(14-19)25(26,27)28/h6-11,14H,2-5,12-13H2,1H3. The van der Waals surface area contributed by atoms with Crippen molar-refractivity contribution >= 4 is 40.6 Å². The van der Waals surface area contributed by atoms with Crippen molar-refractivity contribution in [3.05, 3.63) is 59.2 Å². The topological polar surface area (TPSA) is 73.6 Å². The molecular weight excluding hydrogens is 479 g/mol. The van der Waals surface area contributed by atoms with E-state index >= 15 is 0 Å². The molecule has 0 radical (unpaired) electrons. The molecule has 0 bridgehead atoms. The lowest BCUT2D eigenvalue weighted by atomic mass is 9.75. The van der Waals surface area contributed by atoms with E-state index in [2.05, 4.69) is 4.74 Å². The molecule has 4 rings (SSSR count). The van der Waals surface area contributed by atoms with E-state index in [-0.39, 0.29) is 22.7 Å². The van der Waals surface area contributed by atoms with Gasteiger partial charge in [0.15, 0.2) is 5.11 Å². The van der Waals surface area contributed by atoms with Gasteiger partial charge in [0, 0.05) is 12.1 Å². The van der Waals surface area contributed by atoms with Crippen LogP contribution in [0.2, 0.25) is 0 Å². The molecule has 1 saturated carbocycles. The van der Waals surface area contributed by atoms with Crippen LogP contribution in [0, 0.1) is 11.3 Å². The van der Waals surface area contributed by atoms with Crippen LogP contribution >= 0.6 is 12.2 Å². The summed E-state index contributed by atoms with van der Waals surface area (Å²) in [6.07, 6.45) is -1.27. The second-order valence-corrected chi connectivity index (χ2v) is 8.94. The Balaban J connectivity index is 1.64. The highest BCUT2D eigenvalue weighted by Crippen LogP contribution is 2.48. The fourth-order valence-electron chi connectivity index (χ4n) is 4.56. The minimum atomic E-state index is -4.75. The number of rotatable bonds is 6. The van der Waals surface area contributed by atoms with Gasteiger partial charge in [-0.1, -0.05) is 12.1 Å². The summed E-state index contributed by atoms with van der Waals surface area (Å²) in [6.45, 7) is 0. The van der Waals surface area contributed by atoms with Crippen molar-refractivity contribution in [1.82, 2.24) is 0 Å². The predicted octanol–water partition coefficient (Wildman–Crippen LogP) is 5.13. The molecule has 0 aromatic heterocycles. The third-order valence-corrected chi connectivity index (χ3v) is 6.91. The van der Waals surface area contributed by atoms with Crippen LogP contribution in [0.1, 0.15) is 48.8 Å². The van der Waals surface area contributed by atoms with E-state index in [1.54, 1.807) is 11.0 Å². The minimum absolute atomic E-state index is 0.0143. The minimum Gasteiger partial charge on any atom is -0.469 e. The molecule has 10 heteroatoms. The summed E-state index contributed by atoms with van der Waals surface area (Å²) in [5, 5.41) is 9.19. The molecule has 0 N–H and O–H groups in total. The van der Waals surface area contributed by atoms with Crippen LogP contribution in [0.3, 0.4) is 0 Å². The maximum atomic E-state index is 13.5. The number of esters is 1. The molecule has 182 valence electrons. The quantitative estimate of drug-likeness (QED) is 0.404. The summed E-state index contributed by atoms with van der Waals surface area (Å²) in [6, 6.07) is 12.2. The van der Waals surface area contributed by atoms with E-state index in [0.29, 0.717) is 37.8 Å². The number of anilines is 2. The summed E-state index contributed by atoms with van der Waals surface area (Å²) < 4.78 is 45.3. The van der Waals surface area contributed by atoms with Crippen LogP contribution in [0.25, 0.3) is 0 Å². The van der Waals surface area contributed by atoms with Crippen molar-refractivity contribution in [2.45, 2.75) is 50.2 Å². The van der Waals surface area contributed by atoms with Crippen molar-refractivity contribution in [2.24, 2.45) is 0 Å². The van der Waals surface area contributed by atoms with Gasteiger partial charge in [0.1, 0.15) is 5.54 Å². The van der Waals surface area contributed by atoms with Gasteiger partial charge < -0.3 is 9.64 Å². The van der Waals surface area contributed by atoms with Crippen molar-refractivity contribution in [1.29, 1.82) is 5.26 Å². The zero-order chi connectivity index (χ0) is 25.4. The first-order valence-corrected chi connectivity index (χ1v) is 11.5. The van der Waals surface area contributed by atoms with Gasteiger partial charge in [0.05, 0.1) is 30.0 Å². The smallest absolute Gasteiger partial charge is 0.417 e. The Morgan fingerprint density at radius 2 is 1.83 bits per heavy atom. The highest BCUT2D eigenvalue weighted by molar-refractivity contribution is 7.81. The third kappa shape index (κ3) is 4.36. The average Bonchev–Trinajstić information content (AvgIpc) is 3.05. The molecule has 1 saturated heterocycles. The Kier molecular flexibility index (Phi) is 6.56. The fraction of sp³-hybridized carbons (Fsp3) is 0.360. The van der Waals surface area contributed by atoms with Crippen molar-refractivity contribution in [2.75, 3.05) is 16.9 Å². The number of nitrogens with zero attached hydrogens (tertiary/aromatic N) is 3. The molecule has 1 heterocycles. The first-order chi connectivity index (χ1) is 16.6. The summed E-state index contributed by atoms with van der Waals surface area (Å²) >= 11 is 5.63. The Hall–Kier alpha value is -3.45. The fourth-order valence-corrected chi connectivity index (χ4v) is 5.03. The van der Waals surface area contributed by atoms with Crippen molar-refractivity contribution < 1.29 is 27.5 Å². The van der Waals surface area contributed by atoms with E-state index in [1.165, 1.54) is 13.2 Å². The average molecular weight is 502 g/mol. The van der Waals surface area contributed by atoms with Crippen LogP contribution < -0.4 is 9.80 Å². The molecule has 0 atom stereocenters. The van der Waals surface area contributed by atoms with Crippen LogP contribution in [0.5, 0.6) is 0 Å². The van der Waals surface area contributed by atoms with E-state index in [0.717, 1.165) is 29.0 Å². The highest BCUT2D eigenvalue weighted by atomic mass is 32.1. The van der Waals surface area contributed by atoms with Crippen LogP contribution in [0.15, 0.2) is 42.5 Å². The number of ether oxygens (including phenoxy) is 1. The van der Waals surface area contributed by atoms with Gasteiger partial charge >= 0.3 is 12.1 Å².